The third kappa shape index (κ3) is 5.25. The Bertz CT molecular complexity index is 1310. The van der Waals surface area contributed by atoms with Crippen LogP contribution in [0, 0.1) is 12.7 Å². The zero-order valence-electron chi connectivity index (χ0n) is 19.7. The highest BCUT2D eigenvalue weighted by Gasteiger charge is 2.46. The first-order valence-electron chi connectivity index (χ1n) is 11.2. The number of halogens is 1. The van der Waals surface area contributed by atoms with Gasteiger partial charge in [-0.25, -0.2) is 18.9 Å². The maximum Gasteiger partial charge on any atom is 0.337 e. The molecule has 0 unspecified atom stereocenters. The number of carbonyl (C=O) groups excluding carboxylic acids is 4. The maximum absolute atomic E-state index is 13.8. The van der Waals surface area contributed by atoms with Crippen molar-refractivity contribution in [3.63, 3.8) is 0 Å². The summed E-state index contributed by atoms with van der Waals surface area (Å²) in [5.41, 5.74) is 2.58. The molecule has 4 amide bonds. The maximum atomic E-state index is 13.8. The van der Waals surface area contributed by atoms with Crippen LogP contribution in [-0.2, 0) is 20.9 Å². The van der Waals surface area contributed by atoms with Gasteiger partial charge in [0.2, 0.25) is 5.91 Å². The van der Waals surface area contributed by atoms with Crippen LogP contribution in [-0.4, -0.2) is 41.9 Å². The van der Waals surface area contributed by atoms with Gasteiger partial charge in [0, 0.05) is 12.2 Å². The van der Waals surface area contributed by atoms with Gasteiger partial charge in [-0.15, -0.1) is 0 Å². The van der Waals surface area contributed by atoms with Crippen molar-refractivity contribution in [3.05, 3.63) is 95.3 Å². The number of anilines is 2. The quantitative estimate of drug-likeness (QED) is 0.395. The molecule has 3 aromatic carbocycles. The number of carbonyl (C=O) groups is 4. The summed E-state index contributed by atoms with van der Waals surface area (Å²) in [6.07, 6.45) is -0.305. The van der Waals surface area contributed by atoms with Crippen LogP contribution in [0.2, 0.25) is 0 Å². The average molecular weight is 490 g/mol. The van der Waals surface area contributed by atoms with E-state index in [9.17, 15) is 23.6 Å². The summed E-state index contributed by atoms with van der Waals surface area (Å²) in [4.78, 5) is 53.5. The third-order valence-corrected chi connectivity index (χ3v) is 5.82. The van der Waals surface area contributed by atoms with E-state index >= 15 is 0 Å². The number of ether oxygens (including phenoxy) is 1. The van der Waals surface area contributed by atoms with E-state index in [1.807, 2.05) is 6.92 Å². The van der Waals surface area contributed by atoms with Gasteiger partial charge in [-0.2, -0.15) is 0 Å². The zero-order chi connectivity index (χ0) is 25.8. The number of nitrogens with zero attached hydrogens (tertiary/aromatic N) is 2. The lowest BCUT2D eigenvalue weighted by Crippen LogP contribution is -2.37. The first-order chi connectivity index (χ1) is 17.3. The zero-order valence-corrected chi connectivity index (χ0v) is 19.7. The predicted molar refractivity (Wildman–Crippen MR) is 131 cm³/mol. The number of aryl methyl sites for hydroxylation is 1. The summed E-state index contributed by atoms with van der Waals surface area (Å²) in [5, 5.41) is 2.68. The van der Waals surface area contributed by atoms with Gasteiger partial charge in [-0.1, -0.05) is 29.8 Å². The fraction of sp³-hybridized carbons (Fsp3) is 0.185. The van der Waals surface area contributed by atoms with Crippen molar-refractivity contribution in [1.29, 1.82) is 0 Å². The summed E-state index contributed by atoms with van der Waals surface area (Å²) < 4.78 is 18.4. The number of benzene rings is 3. The Labute approximate surface area is 207 Å². The summed E-state index contributed by atoms with van der Waals surface area (Å²) in [5.74, 6) is -2.02. The molecule has 1 aliphatic rings. The number of esters is 1. The van der Waals surface area contributed by atoms with Gasteiger partial charge in [0.05, 0.1) is 24.8 Å². The first-order valence-corrected chi connectivity index (χ1v) is 11.2. The van der Waals surface area contributed by atoms with Gasteiger partial charge in [0.15, 0.2) is 0 Å². The first kappa shape index (κ1) is 24.6. The number of rotatable bonds is 7. The molecule has 8 nitrogen and oxygen atoms in total. The molecule has 3 aromatic rings. The minimum Gasteiger partial charge on any atom is -0.465 e. The van der Waals surface area contributed by atoms with Crippen molar-refractivity contribution in [3.8, 4) is 0 Å². The molecule has 184 valence electrons. The molecule has 0 aromatic heterocycles. The van der Waals surface area contributed by atoms with Crippen LogP contribution in [0.25, 0.3) is 0 Å². The van der Waals surface area contributed by atoms with E-state index in [1.54, 1.807) is 30.3 Å². The summed E-state index contributed by atoms with van der Waals surface area (Å²) in [6.45, 7) is 1.84. The van der Waals surface area contributed by atoms with Crippen LogP contribution in [0.1, 0.15) is 27.9 Å². The van der Waals surface area contributed by atoms with E-state index in [0.29, 0.717) is 22.5 Å². The highest BCUT2D eigenvalue weighted by atomic mass is 19.1. The molecule has 1 atom stereocenters. The topological polar surface area (TPSA) is 96.0 Å². The van der Waals surface area contributed by atoms with Crippen molar-refractivity contribution < 1.29 is 28.3 Å². The molecule has 1 heterocycles. The van der Waals surface area contributed by atoms with Crippen LogP contribution in [0.15, 0.2) is 72.8 Å². The van der Waals surface area contributed by atoms with Crippen molar-refractivity contribution in [1.82, 2.24) is 4.90 Å². The van der Waals surface area contributed by atoms with Crippen LogP contribution >= 0.6 is 0 Å². The molecular formula is C27H24FN3O5. The predicted octanol–water partition coefficient (Wildman–Crippen LogP) is 4.29. The molecule has 36 heavy (non-hydrogen) atoms. The molecule has 1 N–H and O–H groups in total. The molecule has 0 aliphatic carbocycles. The van der Waals surface area contributed by atoms with Crippen molar-refractivity contribution in [2.24, 2.45) is 0 Å². The minimum atomic E-state index is -1.09. The normalized spacial score (nSPS) is 15.2. The van der Waals surface area contributed by atoms with E-state index in [1.165, 1.54) is 54.5 Å². The Morgan fingerprint density at radius 3 is 2.33 bits per heavy atom. The van der Waals surface area contributed by atoms with E-state index in [4.69, 9.17) is 0 Å². The van der Waals surface area contributed by atoms with Gasteiger partial charge in [0.1, 0.15) is 11.9 Å². The third-order valence-electron chi connectivity index (χ3n) is 5.82. The second-order valence-electron chi connectivity index (χ2n) is 8.39. The Balaban J connectivity index is 1.56. The molecule has 0 bridgehead atoms. The average Bonchev–Trinajstić information content (AvgIpc) is 3.08. The molecule has 0 saturated carbocycles. The molecule has 1 aliphatic heterocycles. The van der Waals surface area contributed by atoms with Gasteiger partial charge in [-0.05, 0) is 61.0 Å². The monoisotopic (exact) mass is 489 g/mol. The summed E-state index contributed by atoms with van der Waals surface area (Å²) in [7, 11) is 1.27. The van der Waals surface area contributed by atoms with Gasteiger partial charge in [0.25, 0.3) is 5.91 Å². The standard InChI is InChI=1S/C27H24FN3O5/c1-17-6-12-22(13-7-17)31-25(33)23(30(27(31)35)16-18-4-3-5-20(28)14-18)15-24(32)29-21-10-8-19(9-11-21)26(34)36-2/h3-14,23H,15-16H2,1-2H3,(H,29,32)/t23-/m0/s1. The van der Waals surface area contributed by atoms with Crippen molar-refractivity contribution in [2.75, 3.05) is 17.3 Å². The van der Waals surface area contributed by atoms with Crippen LogP contribution in [0.4, 0.5) is 20.6 Å². The number of hydrogen-bond donors (Lipinski definition) is 1. The fourth-order valence-corrected chi connectivity index (χ4v) is 3.97. The summed E-state index contributed by atoms with van der Waals surface area (Å²) in [6, 6.07) is 17.0. The number of hydrogen-bond acceptors (Lipinski definition) is 5. The smallest absolute Gasteiger partial charge is 0.337 e. The second kappa shape index (κ2) is 10.4. The molecule has 9 heteroatoms. The highest BCUT2D eigenvalue weighted by molar-refractivity contribution is 6.22. The van der Waals surface area contributed by atoms with Crippen LogP contribution < -0.4 is 10.2 Å². The Kier molecular flexibility index (Phi) is 7.10. The summed E-state index contributed by atoms with van der Waals surface area (Å²) >= 11 is 0. The lowest BCUT2D eigenvalue weighted by Gasteiger charge is -2.21. The molecule has 0 spiro atoms. The number of methoxy groups -OCH3 is 1. The van der Waals surface area contributed by atoms with E-state index in [0.717, 1.165) is 10.5 Å². The van der Waals surface area contributed by atoms with Crippen LogP contribution in [0.5, 0.6) is 0 Å². The molecule has 1 saturated heterocycles. The Morgan fingerprint density at radius 2 is 1.69 bits per heavy atom. The lowest BCUT2D eigenvalue weighted by molar-refractivity contribution is -0.124. The van der Waals surface area contributed by atoms with Gasteiger partial charge < -0.3 is 15.0 Å². The van der Waals surface area contributed by atoms with E-state index in [-0.39, 0.29) is 13.0 Å². The second-order valence-corrected chi connectivity index (χ2v) is 8.39. The largest absolute Gasteiger partial charge is 0.465 e. The van der Waals surface area contributed by atoms with Crippen molar-refractivity contribution >= 4 is 35.2 Å². The number of amides is 4. The number of imide groups is 1. The minimum absolute atomic E-state index is 0.0452. The van der Waals surface area contributed by atoms with Crippen molar-refractivity contribution in [2.45, 2.75) is 25.9 Å². The van der Waals surface area contributed by atoms with E-state index < -0.39 is 35.7 Å². The Morgan fingerprint density at radius 1 is 1.00 bits per heavy atom. The Hall–Kier alpha value is -4.53. The lowest BCUT2D eigenvalue weighted by atomic mass is 10.1. The van der Waals surface area contributed by atoms with Crippen LogP contribution in [0.3, 0.4) is 0 Å². The molecule has 4 rings (SSSR count). The highest BCUT2D eigenvalue weighted by Crippen LogP contribution is 2.29. The number of urea groups is 1. The van der Waals surface area contributed by atoms with Gasteiger partial charge in [-0.3, -0.25) is 9.59 Å². The fourth-order valence-electron chi connectivity index (χ4n) is 3.97. The van der Waals surface area contributed by atoms with E-state index in [2.05, 4.69) is 10.1 Å². The molecule has 0 radical (unpaired) electrons. The molecule has 1 fully saturated rings. The van der Waals surface area contributed by atoms with Gasteiger partial charge >= 0.3 is 12.0 Å². The number of nitrogens with one attached hydrogen (secondary N) is 1. The molecular weight excluding hydrogens is 465 g/mol. The SMILES string of the molecule is COC(=O)c1ccc(NC(=O)C[C@H]2C(=O)N(c3ccc(C)cc3)C(=O)N2Cc2cccc(F)c2)cc1.